The fourth-order valence-electron chi connectivity index (χ4n) is 2.57. The highest BCUT2D eigenvalue weighted by atomic mass is 16.5. The summed E-state index contributed by atoms with van der Waals surface area (Å²) in [6.07, 6.45) is 6.10. The predicted octanol–water partition coefficient (Wildman–Crippen LogP) is 0.0822. The summed E-state index contributed by atoms with van der Waals surface area (Å²) in [5.74, 6) is 0.421. The number of hydrogen-bond donors (Lipinski definition) is 2. The number of rotatable bonds is 3. The Labute approximate surface area is 114 Å². The van der Waals surface area contributed by atoms with Crippen molar-refractivity contribution in [3.8, 4) is 0 Å². The van der Waals surface area contributed by atoms with Crippen molar-refractivity contribution in [3.05, 3.63) is 0 Å². The van der Waals surface area contributed by atoms with Gasteiger partial charge in [-0.1, -0.05) is 19.3 Å². The minimum atomic E-state index is 0.0247. The van der Waals surface area contributed by atoms with Gasteiger partial charge in [-0.05, 0) is 12.8 Å². The van der Waals surface area contributed by atoms with E-state index >= 15 is 0 Å². The second-order valence-electron chi connectivity index (χ2n) is 5.17. The SMILES string of the molecule is NC(=NCC(=O)N1CCOCC1)NC1CCCCC1. The van der Waals surface area contributed by atoms with Crippen molar-refractivity contribution in [2.75, 3.05) is 32.8 Å². The molecule has 19 heavy (non-hydrogen) atoms. The highest BCUT2D eigenvalue weighted by molar-refractivity contribution is 5.84. The number of morpholine rings is 1. The number of carbonyl (C=O) groups is 1. The number of hydrogen-bond acceptors (Lipinski definition) is 3. The van der Waals surface area contributed by atoms with Crippen LogP contribution in [0.25, 0.3) is 0 Å². The summed E-state index contributed by atoms with van der Waals surface area (Å²) in [5.41, 5.74) is 5.83. The van der Waals surface area contributed by atoms with Gasteiger partial charge < -0.3 is 20.7 Å². The summed E-state index contributed by atoms with van der Waals surface area (Å²) in [6.45, 7) is 2.68. The molecular formula is C13H24N4O2. The molecular weight excluding hydrogens is 244 g/mol. The van der Waals surface area contributed by atoms with Crippen LogP contribution in [0, 0.1) is 0 Å². The lowest BCUT2D eigenvalue weighted by Gasteiger charge is -2.26. The van der Waals surface area contributed by atoms with E-state index in [1.807, 2.05) is 0 Å². The lowest BCUT2D eigenvalue weighted by atomic mass is 9.96. The molecule has 1 amide bonds. The Balaban J connectivity index is 1.72. The van der Waals surface area contributed by atoms with Gasteiger partial charge >= 0.3 is 0 Å². The number of nitrogens with one attached hydrogen (secondary N) is 1. The molecule has 0 bridgehead atoms. The molecule has 2 rings (SSSR count). The van der Waals surface area contributed by atoms with E-state index in [1.165, 1.54) is 19.3 Å². The van der Waals surface area contributed by atoms with Gasteiger partial charge in [0.05, 0.1) is 13.2 Å². The Kier molecular flexibility index (Phi) is 5.44. The minimum absolute atomic E-state index is 0.0247. The molecule has 1 saturated carbocycles. The van der Waals surface area contributed by atoms with E-state index in [0.717, 1.165) is 12.8 Å². The van der Waals surface area contributed by atoms with Crippen molar-refractivity contribution in [1.82, 2.24) is 10.2 Å². The van der Waals surface area contributed by atoms with Crippen LogP contribution in [0.15, 0.2) is 4.99 Å². The van der Waals surface area contributed by atoms with Crippen molar-refractivity contribution < 1.29 is 9.53 Å². The summed E-state index contributed by atoms with van der Waals surface area (Å²) in [7, 11) is 0. The molecule has 1 saturated heterocycles. The van der Waals surface area contributed by atoms with E-state index in [2.05, 4.69) is 10.3 Å². The van der Waals surface area contributed by atoms with Crippen molar-refractivity contribution in [3.63, 3.8) is 0 Å². The maximum atomic E-state index is 11.9. The number of aliphatic imine (C=N–C) groups is 1. The highest BCUT2D eigenvalue weighted by Crippen LogP contribution is 2.16. The Bertz CT molecular complexity index is 321. The molecule has 0 spiro atoms. The lowest BCUT2D eigenvalue weighted by molar-refractivity contribution is -0.133. The van der Waals surface area contributed by atoms with Gasteiger partial charge in [0.2, 0.25) is 5.91 Å². The third-order valence-electron chi connectivity index (χ3n) is 3.71. The molecule has 1 aliphatic carbocycles. The van der Waals surface area contributed by atoms with E-state index in [9.17, 15) is 4.79 Å². The molecule has 3 N–H and O–H groups in total. The number of ether oxygens (including phenoxy) is 1. The first kappa shape index (κ1) is 14.1. The fraction of sp³-hybridized carbons (Fsp3) is 0.846. The zero-order chi connectivity index (χ0) is 13.5. The van der Waals surface area contributed by atoms with E-state index in [-0.39, 0.29) is 12.5 Å². The van der Waals surface area contributed by atoms with Crippen molar-refractivity contribution in [1.29, 1.82) is 0 Å². The molecule has 0 aromatic rings. The molecule has 1 aliphatic heterocycles. The van der Waals surface area contributed by atoms with E-state index in [1.54, 1.807) is 4.90 Å². The van der Waals surface area contributed by atoms with Crippen LogP contribution in [0.4, 0.5) is 0 Å². The summed E-state index contributed by atoms with van der Waals surface area (Å²) in [6, 6.07) is 0.427. The smallest absolute Gasteiger partial charge is 0.244 e. The monoisotopic (exact) mass is 268 g/mol. The molecule has 0 atom stereocenters. The number of carbonyl (C=O) groups excluding carboxylic acids is 1. The Morgan fingerprint density at radius 1 is 1.26 bits per heavy atom. The number of nitrogens with two attached hydrogens (primary N) is 1. The van der Waals surface area contributed by atoms with Gasteiger partial charge in [0.15, 0.2) is 5.96 Å². The fourth-order valence-corrected chi connectivity index (χ4v) is 2.57. The van der Waals surface area contributed by atoms with Crippen molar-refractivity contribution in [2.24, 2.45) is 10.7 Å². The first-order valence-corrected chi connectivity index (χ1v) is 7.17. The molecule has 0 aromatic carbocycles. The van der Waals surface area contributed by atoms with E-state index < -0.39 is 0 Å². The van der Waals surface area contributed by atoms with Gasteiger partial charge in [-0.15, -0.1) is 0 Å². The molecule has 0 radical (unpaired) electrons. The quantitative estimate of drug-likeness (QED) is 0.561. The van der Waals surface area contributed by atoms with Gasteiger partial charge in [0.25, 0.3) is 0 Å². The molecule has 1 heterocycles. The Morgan fingerprint density at radius 2 is 1.95 bits per heavy atom. The molecule has 108 valence electrons. The van der Waals surface area contributed by atoms with Crippen LogP contribution in [0.5, 0.6) is 0 Å². The lowest BCUT2D eigenvalue weighted by Crippen LogP contribution is -2.44. The number of nitrogens with zero attached hydrogens (tertiary/aromatic N) is 2. The van der Waals surface area contributed by atoms with Crippen LogP contribution in [0.3, 0.4) is 0 Å². The molecule has 6 nitrogen and oxygen atoms in total. The van der Waals surface area contributed by atoms with Crippen LogP contribution in [0.1, 0.15) is 32.1 Å². The maximum absolute atomic E-state index is 11.9. The summed E-state index contributed by atoms with van der Waals surface area (Å²) in [4.78, 5) is 17.8. The summed E-state index contributed by atoms with van der Waals surface area (Å²) < 4.78 is 5.21. The molecule has 2 fully saturated rings. The van der Waals surface area contributed by atoms with Crippen molar-refractivity contribution >= 4 is 11.9 Å². The highest BCUT2D eigenvalue weighted by Gasteiger charge is 2.17. The maximum Gasteiger partial charge on any atom is 0.244 e. The topological polar surface area (TPSA) is 80.0 Å². The van der Waals surface area contributed by atoms with Gasteiger partial charge in [0.1, 0.15) is 6.54 Å². The van der Waals surface area contributed by atoms with Gasteiger partial charge in [-0.25, -0.2) is 4.99 Å². The standard InChI is InChI=1S/C13H24N4O2/c14-13(16-11-4-2-1-3-5-11)15-10-12(18)17-6-8-19-9-7-17/h11H,1-10H2,(H3,14,15,16). The van der Waals surface area contributed by atoms with E-state index in [4.69, 9.17) is 10.5 Å². The first-order valence-electron chi connectivity index (χ1n) is 7.17. The summed E-state index contributed by atoms with van der Waals surface area (Å²) >= 11 is 0. The normalized spacial score (nSPS) is 22.3. The zero-order valence-electron chi connectivity index (χ0n) is 11.4. The molecule has 2 aliphatic rings. The largest absolute Gasteiger partial charge is 0.378 e. The first-order chi connectivity index (χ1) is 9.25. The summed E-state index contributed by atoms with van der Waals surface area (Å²) in [5, 5.41) is 3.21. The molecule has 0 unspecified atom stereocenters. The molecule has 6 heteroatoms. The second-order valence-corrected chi connectivity index (χ2v) is 5.17. The van der Waals surface area contributed by atoms with Gasteiger partial charge in [0, 0.05) is 19.1 Å². The average Bonchev–Trinajstić information content (AvgIpc) is 2.47. The van der Waals surface area contributed by atoms with Gasteiger partial charge in [-0.3, -0.25) is 4.79 Å². The number of guanidine groups is 1. The average molecular weight is 268 g/mol. The van der Waals surface area contributed by atoms with Crippen LogP contribution in [0.2, 0.25) is 0 Å². The van der Waals surface area contributed by atoms with Crippen LogP contribution in [-0.4, -0.2) is 55.7 Å². The van der Waals surface area contributed by atoms with Crippen LogP contribution in [-0.2, 0) is 9.53 Å². The van der Waals surface area contributed by atoms with Gasteiger partial charge in [-0.2, -0.15) is 0 Å². The van der Waals surface area contributed by atoms with E-state index in [0.29, 0.717) is 38.3 Å². The second kappa shape index (κ2) is 7.33. The molecule has 0 aromatic heterocycles. The zero-order valence-corrected chi connectivity index (χ0v) is 11.4. The Morgan fingerprint density at radius 3 is 2.63 bits per heavy atom. The third-order valence-corrected chi connectivity index (χ3v) is 3.71. The number of amides is 1. The Hall–Kier alpha value is -1.30. The van der Waals surface area contributed by atoms with Crippen molar-refractivity contribution in [2.45, 2.75) is 38.1 Å². The predicted molar refractivity (Wildman–Crippen MR) is 73.9 cm³/mol. The van der Waals surface area contributed by atoms with Crippen LogP contribution < -0.4 is 11.1 Å². The van der Waals surface area contributed by atoms with Crippen LogP contribution >= 0.6 is 0 Å². The minimum Gasteiger partial charge on any atom is -0.378 e. The third kappa shape index (κ3) is 4.70.